The number of nitrogens with two attached hydrogens (primary N) is 1. The zero-order chi connectivity index (χ0) is 12.4. The Morgan fingerprint density at radius 1 is 1.71 bits per heavy atom. The Labute approximate surface area is 101 Å². The molecule has 2 rings (SSSR count). The van der Waals surface area contributed by atoms with Gasteiger partial charge in [-0.3, -0.25) is 0 Å². The summed E-state index contributed by atoms with van der Waals surface area (Å²) in [6.07, 6.45) is 5.39. The summed E-state index contributed by atoms with van der Waals surface area (Å²) in [4.78, 5) is 15.6. The standard InChI is InChI=1S/C12H19N3O2/c1-3-17-12(16)10-11(13)15(7-14-10)8(2)9-5-4-6-9/h7-9H,3-6,13H2,1-2H3. The highest BCUT2D eigenvalue weighted by molar-refractivity contribution is 5.92. The summed E-state index contributed by atoms with van der Waals surface area (Å²) >= 11 is 0. The fourth-order valence-electron chi connectivity index (χ4n) is 2.20. The lowest BCUT2D eigenvalue weighted by molar-refractivity contribution is 0.0521. The Bertz CT molecular complexity index is 410. The highest BCUT2D eigenvalue weighted by Gasteiger charge is 2.28. The number of aromatic nitrogens is 2. The number of rotatable bonds is 4. The van der Waals surface area contributed by atoms with Crippen molar-refractivity contribution < 1.29 is 9.53 Å². The van der Waals surface area contributed by atoms with Gasteiger partial charge in [0.2, 0.25) is 0 Å². The van der Waals surface area contributed by atoms with Crippen molar-refractivity contribution in [2.45, 2.75) is 39.2 Å². The van der Waals surface area contributed by atoms with Crippen LogP contribution < -0.4 is 5.73 Å². The Hall–Kier alpha value is -1.52. The lowest BCUT2D eigenvalue weighted by atomic mass is 9.80. The predicted molar refractivity (Wildman–Crippen MR) is 64.6 cm³/mol. The van der Waals surface area contributed by atoms with Gasteiger partial charge in [-0.2, -0.15) is 0 Å². The van der Waals surface area contributed by atoms with Crippen LogP contribution in [-0.2, 0) is 4.74 Å². The van der Waals surface area contributed by atoms with E-state index in [1.807, 2.05) is 4.57 Å². The Balaban J connectivity index is 2.16. The third-order valence-electron chi connectivity index (χ3n) is 3.57. The summed E-state index contributed by atoms with van der Waals surface area (Å²) in [5.74, 6) is 0.633. The summed E-state index contributed by atoms with van der Waals surface area (Å²) in [6.45, 7) is 4.22. The van der Waals surface area contributed by atoms with Crippen molar-refractivity contribution in [3.63, 3.8) is 0 Å². The van der Waals surface area contributed by atoms with Crippen molar-refractivity contribution in [2.75, 3.05) is 12.3 Å². The molecule has 1 aromatic heterocycles. The van der Waals surface area contributed by atoms with Gasteiger partial charge in [-0.25, -0.2) is 9.78 Å². The SMILES string of the molecule is CCOC(=O)c1ncn(C(C)C2CCC2)c1N. The van der Waals surface area contributed by atoms with Crippen LogP contribution in [0.15, 0.2) is 6.33 Å². The Morgan fingerprint density at radius 2 is 2.41 bits per heavy atom. The third-order valence-corrected chi connectivity index (χ3v) is 3.57. The lowest BCUT2D eigenvalue weighted by Gasteiger charge is -2.32. The van der Waals surface area contributed by atoms with Gasteiger partial charge < -0.3 is 15.0 Å². The van der Waals surface area contributed by atoms with Crippen molar-refractivity contribution in [2.24, 2.45) is 5.92 Å². The molecule has 5 heteroatoms. The van der Waals surface area contributed by atoms with Crippen LogP contribution in [0.4, 0.5) is 5.82 Å². The number of anilines is 1. The van der Waals surface area contributed by atoms with Crippen molar-refractivity contribution in [3.05, 3.63) is 12.0 Å². The molecule has 0 amide bonds. The maximum absolute atomic E-state index is 11.6. The number of esters is 1. The first-order chi connectivity index (χ1) is 8.15. The minimum atomic E-state index is -0.440. The van der Waals surface area contributed by atoms with E-state index in [0.717, 1.165) is 0 Å². The molecule has 1 atom stereocenters. The van der Waals surface area contributed by atoms with Gasteiger partial charge in [-0.05, 0) is 32.6 Å². The van der Waals surface area contributed by atoms with Crippen LogP contribution in [0.5, 0.6) is 0 Å². The minimum Gasteiger partial charge on any atom is -0.461 e. The summed E-state index contributed by atoms with van der Waals surface area (Å²) in [5, 5.41) is 0. The molecule has 0 spiro atoms. The van der Waals surface area contributed by atoms with Gasteiger partial charge in [0.25, 0.3) is 0 Å². The maximum atomic E-state index is 11.6. The Kier molecular flexibility index (Phi) is 3.36. The summed E-state index contributed by atoms with van der Waals surface area (Å²) in [7, 11) is 0. The molecule has 0 aliphatic heterocycles. The normalized spacial score (nSPS) is 17.5. The number of imidazole rings is 1. The molecule has 1 heterocycles. The number of carbonyl (C=O) groups is 1. The van der Waals surface area contributed by atoms with Crippen LogP contribution in [0.1, 0.15) is 49.6 Å². The van der Waals surface area contributed by atoms with Gasteiger partial charge in [0.05, 0.1) is 12.9 Å². The van der Waals surface area contributed by atoms with E-state index in [0.29, 0.717) is 24.4 Å². The van der Waals surface area contributed by atoms with E-state index in [2.05, 4.69) is 11.9 Å². The van der Waals surface area contributed by atoms with Gasteiger partial charge in [0.15, 0.2) is 5.69 Å². The van der Waals surface area contributed by atoms with Crippen molar-refractivity contribution in [1.82, 2.24) is 9.55 Å². The molecule has 17 heavy (non-hydrogen) atoms. The second-order valence-corrected chi connectivity index (χ2v) is 4.54. The fraction of sp³-hybridized carbons (Fsp3) is 0.667. The minimum absolute atomic E-state index is 0.234. The first-order valence-electron chi connectivity index (χ1n) is 6.14. The predicted octanol–water partition coefficient (Wildman–Crippen LogP) is 2.00. The zero-order valence-corrected chi connectivity index (χ0v) is 10.3. The summed E-state index contributed by atoms with van der Waals surface area (Å²) in [5.41, 5.74) is 6.19. The molecular formula is C12H19N3O2. The largest absolute Gasteiger partial charge is 0.461 e. The fourth-order valence-corrected chi connectivity index (χ4v) is 2.20. The molecule has 1 aliphatic carbocycles. The molecule has 5 nitrogen and oxygen atoms in total. The van der Waals surface area contributed by atoms with Gasteiger partial charge in [-0.1, -0.05) is 6.42 Å². The number of nitrogen functional groups attached to an aromatic ring is 1. The molecular weight excluding hydrogens is 218 g/mol. The van der Waals surface area contributed by atoms with Crippen LogP contribution >= 0.6 is 0 Å². The molecule has 1 fully saturated rings. The zero-order valence-electron chi connectivity index (χ0n) is 10.3. The highest BCUT2D eigenvalue weighted by atomic mass is 16.5. The summed E-state index contributed by atoms with van der Waals surface area (Å²) in [6, 6.07) is 0.305. The Morgan fingerprint density at radius 3 is 2.94 bits per heavy atom. The van der Waals surface area contributed by atoms with Gasteiger partial charge >= 0.3 is 5.97 Å². The lowest BCUT2D eigenvalue weighted by Crippen LogP contribution is -2.23. The van der Waals surface area contributed by atoms with Gasteiger partial charge in [-0.15, -0.1) is 0 Å². The number of hydrogen-bond donors (Lipinski definition) is 1. The second-order valence-electron chi connectivity index (χ2n) is 4.54. The van der Waals surface area contributed by atoms with Crippen molar-refractivity contribution in [3.8, 4) is 0 Å². The monoisotopic (exact) mass is 237 g/mol. The van der Waals surface area contributed by atoms with Gasteiger partial charge in [0, 0.05) is 6.04 Å². The number of nitrogens with zero attached hydrogens (tertiary/aromatic N) is 2. The molecule has 1 aliphatic rings. The first kappa shape index (κ1) is 12.0. The molecule has 1 unspecified atom stereocenters. The molecule has 94 valence electrons. The van der Waals surface area contributed by atoms with Crippen LogP contribution in [0.2, 0.25) is 0 Å². The van der Waals surface area contributed by atoms with Crippen LogP contribution in [0, 0.1) is 5.92 Å². The highest BCUT2D eigenvalue weighted by Crippen LogP contribution is 2.37. The van der Waals surface area contributed by atoms with Crippen LogP contribution in [0.25, 0.3) is 0 Å². The van der Waals surface area contributed by atoms with Crippen LogP contribution in [-0.4, -0.2) is 22.1 Å². The van der Waals surface area contributed by atoms with E-state index in [9.17, 15) is 4.79 Å². The molecule has 2 N–H and O–H groups in total. The summed E-state index contributed by atoms with van der Waals surface area (Å²) < 4.78 is 6.79. The number of hydrogen-bond acceptors (Lipinski definition) is 4. The number of ether oxygens (including phenoxy) is 1. The van der Waals surface area contributed by atoms with E-state index in [4.69, 9.17) is 10.5 Å². The molecule has 0 saturated heterocycles. The van der Waals surface area contributed by atoms with E-state index in [-0.39, 0.29) is 5.69 Å². The van der Waals surface area contributed by atoms with E-state index in [1.165, 1.54) is 19.3 Å². The second kappa shape index (κ2) is 4.77. The van der Waals surface area contributed by atoms with E-state index >= 15 is 0 Å². The average molecular weight is 237 g/mol. The van der Waals surface area contributed by atoms with Crippen LogP contribution in [0.3, 0.4) is 0 Å². The average Bonchev–Trinajstić information content (AvgIpc) is 2.57. The number of carbonyl (C=O) groups excluding carboxylic acids is 1. The first-order valence-corrected chi connectivity index (χ1v) is 6.14. The molecule has 0 radical (unpaired) electrons. The quantitative estimate of drug-likeness (QED) is 0.813. The topological polar surface area (TPSA) is 70.1 Å². The van der Waals surface area contributed by atoms with Crippen molar-refractivity contribution >= 4 is 11.8 Å². The van der Waals surface area contributed by atoms with Crippen molar-refractivity contribution in [1.29, 1.82) is 0 Å². The molecule has 1 saturated carbocycles. The smallest absolute Gasteiger partial charge is 0.360 e. The third kappa shape index (κ3) is 2.14. The molecule has 0 bridgehead atoms. The molecule has 0 aromatic carbocycles. The molecule has 1 aromatic rings. The maximum Gasteiger partial charge on any atom is 0.360 e. The van der Waals surface area contributed by atoms with E-state index < -0.39 is 5.97 Å². The van der Waals surface area contributed by atoms with E-state index in [1.54, 1.807) is 13.3 Å². The van der Waals surface area contributed by atoms with Gasteiger partial charge in [0.1, 0.15) is 5.82 Å².